The van der Waals surface area contributed by atoms with E-state index in [4.69, 9.17) is 15.2 Å². The molecule has 1 aromatic heterocycles. The van der Waals surface area contributed by atoms with Crippen LogP contribution < -0.4 is 11.1 Å². The average molecular weight is 571 g/mol. The number of hydrogen-bond donors (Lipinski definition) is 2. The largest absolute Gasteiger partial charge is 0.416 e. The van der Waals surface area contributed by atoms with E-state index in [0.29, 0.717) is 50.7 Å². The fourth-order valence-electron chi connectivity index (χ4n) is 3.77. The van der Waals surface area contributed by atoms with Crippen LogP contribution in [0.5, 0.6) is 0 Å². The summed E-state index contributed by atoms with van der Waals surface area (Å²) in [6, 6.07) is 5.92. The molecule has 0 radical (unpaired) electrons. The van der Waals surface area contributed by atoms with Crippen LogP contribution in [0.4, 0.5) is 24.9 Å². The number of rotatable bonds is 16. The zero-order valence-corrected chi connectivity index (χ0v) is 22.5. The Labute approximate surface area is 232 Å². The molecule has 0 saturated heterocycles. The van der Waals surface area contributed by atoms with Gasteiger partial charge >= 0.3 is 6.18 Å². The SMILES string of the molecule is C.COCCN(CCC[C@H](Nc1nc(N)nc(SC)c1C#N)C(=O)Cc1cccc(C(F)(F)F)c1)CCOC. The number of benzene rings is 1. The molecule has 0 aliphatic rings. The molecule has 2 rings (SSSR count). The van der Waals surface area contributed by atoms with Gasteiger partial charge in [0, 0.05) is 33.7 Å². The van der Waals surface area contributed by atoms with Crippen LogP contribution in [0.2, 0.25) is 0 Å². The zero-order valence-electron chi connectivity index (χ0n) is 21.7. The standard InChI is InChI=1S/C25H33F3N6O3S.CH4/c1-36-12-10-34(11-13-37-2)9-5-8-20(31-22-19(16-29)23(38-3)33-24(30)32-22)21(35)15-17-6-4-7-18(14-17)25(26,27)28;/h4,6-7,14,20H,5,8-13,15H2,1-3H3,(H3,30,31,32,33);1H4/t20-;/m0./s1. The van der Waals surface area contributed by atoms with Crippen molar-refractivity contribution in [3.8, 4) is 6.07 Å². The number of nitrogen functional groups attached to an aromatic ring is 1. The van der Waals surface area contributed by atoms with Crippen molar-refractivity contribution in [3.63, 3.8) is 0 Å². The maximum atomic E-state index is 13.4. The second-order valence-electron chi connectivity index (χ2n) is 8.43. The number of methoxy groups -OCH3 is 2. The minimum Gasteiger partial charge on any atom is -0.383 e. The van der Waals surface area contributed by atoms with Gasteiger partial charge in [-0.1, -0.05) is 25.6 Å². The molecule has 3 N–H and O–H groups in total. The second kappa shape index (κ2) is 16.9. The quantitative estimate of drug-likeness (QED) is 0.223. The molecular weight excluding hydrogens is 533 g/mol. The third-order valence-corrected chi connectivity index (χ3v) is 6.40. The number of anilines is 2. The Bertz CT molecular complexity index is 1090. The Balaban J connectivity index is 0.00000760. The van der Waals surface area contributed by atoms with Gasteiger partial charge in [-0.2, -0.15) is 23.4 Å². The third-order valence-electron chi connectivity index (χ3n) is 5.72. The van der Waals surface area contributed by atoms with Gasteiger partial charge in [0.05, 0.1) is 24.8 Å². The van der Waals surface area contributed by atoms with E-state index in [0.717, 1.165) is 12.1 Å². The highest BCUT2D eigenvalue weighted by atomic mass is 32.2. The van der Waals surface area contributed by atoms with Gasteiger partial charge < -0.3 is 20.5 Å². The molecule has 39 heavy (non-hydrogen) atoms. The van der Waals surface area contributed by atoms with Gasteiger partial charge in [0.2, 0.25) is 5.95 Å². The smallest absolute Gasteiger partial charge is 0.383 e. The molecule has 9 nitrogen and oxygen atoms in total. The summed E-state index contributed by atoms with van der Waals surface area (Å²) in [5.41, 5.74) is 5.38. The van der Waals surface area contributed by atoms with Crippen molar-refractivity contribution in [2.45, 2.75) is 43.9 Å². The highest BCUT2D eigenvalue weighted by Crippen LogP contribution is 2.30. The molecule has 0 aliphatic carbocycles. The van der Waals surface area contributed by atoms with E-state index in [1.54, 1.807) is 20.5 Å². The van der Waals surface area contributed by atoms with Crippen molar-refractivity contribution in [3.05, 3.63) is 41.0 Å². The number of halogens is 3. The lowest BCUT2D eigenvalue weighted by atomic mass is 9.98. The molecule has 0 fully saturated rings. The number of hydrogen-bond acceptors (Lipinski definition) is 10. The summed E-state index contributed by atoms with van der Waals surface area (Å²) in [6.07, 6.45) is -2.08. The Morgan fingerprint density at radius 2 is 1.87 bits per heavy atom. The first-order valence-corrected chi connectivity index (χ1v) is 13.1. The highest BCUT2D eigenvalue weighted by Gasteiger charge is 2.31. The minimum absolute atomic E-state index is 0. The number of alkyl halides is 3. The summed E-state index contributed by atoms with van der Waals surface area (Å²) in [5, 5.41) is 13.1. The Kier molecular flexibility index (Phi) is 14.8. The molecule has 0 amide bonds. The molecule has 13 heteroatoms. The Morgan fingerprint density at radius 3 is 2.44 bits per heavy atom. The lowest BCUT2D eigenvalue weighted by molar-refractivity contribution is -0.137. The highest BCUT2D eigenvalue weighted by molar-refractivity contribution is 7.98. The van der Waals surface area contributed by atoms with Crippen LogP contribution in [0.1, 0.15) is 37.0 Å². The van der Waals surface area contributed by atoms with E-state index in [9.17, 15) is 23.2 Å². The van der Waals surface area contributed by atoms with Crippen molar-refractivity contribution in [1.29, 1.82) is 5.26 Å². The van der Waals surface area contributed by atoms with E-state index in [1.165, 1.54) is 23.9 Å². The molecule has 1 aromatic carbocycles. The number of thioether (sulfide) groups is 1. The Morgan fingerprint density at radius 1 is 1.21 bits per heavy atom. The lowest BCUT2D eigenvalue weighted by Crippen LogP contribution is -2.35. The van der Waals surface area contributed by atoms with Gasteiger partial charge in [-0.15, -0.1) is 11.8 Å². The first-order chi connectivity index (χ1) is 18.1. The topological polar surface area (TPSA) is 126 Å². The number of aromatic nitrogens is 2. The molecule has 0 spiro atoms. The van der Waals surface area contributed by atoms with Crippen LogP contribution in [0.15, 0.2) is 29.3 Å². The van der Waals surface area contributed by atoms with Gasteiger partial charge in [0.15, 0.2) is 11.6 Å². The Hall–Kier alpha value is -2.92. The van der Waals surface area contributed by atoms with Crippen molar-refractivity contribution in [1.82, 2.24) is 14.9 Å². The number of nitrogens with two attached hydrogens (primary N) is 1. The van der Waals surface area contributed by atoms with E-state index in [2.05, 4.69) is 20.2 Å². The molecule has 1 atom stereocenters. The molecule has 1 heterocycles. The van der Waals surface area contributed by atoms with Crippen LogP contribution >= 0.6 is 11.8 Å². The number of nitriles is 1. The lowest BCUT2D eigenvalue weighted by Gasteiger charge is -2.24. The average Bonchev–Trinajstić information content (AvgIpc) is 2.88. The van der Waals surface area contributed by atoms with Crippen molar-refractivity contribution >= 4 is 29.3 Å². The van der Waals surface area contributed by atoms with Crippen LogP contribution in [0, 0.1) is 11.3 Å². The van der Waals surface area contributed by atoms with E-state index in [1.807, 2.05) is 6.07 Å². The van der Waals surface area contributed by atoms with Gasteiger partial charge in [0.1, 0.15) is 16.7 Å². The summed E-state index contributed by atoms with van der Waals surface area (Å²) in [4.78, 5) is 23.7. The van der Waals surface area contributed by atoms with Gasteiger partial charge in [-0.25, -0.2) is 4.98 Å². The molecule has 0 aliphatic heterocycles. The predicted octanol–water partition coefficient (Wildman–Crippen LogP) is 4.27. The minimum atomic E-state index is -4.51. The maximum Gasteiger partial charge on any atom is 0.416 e. The van der Waals surface area contributed by atoms with Crippen molar-refractivity contribution in [2.75, 3.05) is 64.4 Å². The van der Waals surface area contributed by atoms with Gasteiger partial charge in [-0.05, 0) is 37.3 Å². The van der Waals surface area contributed by atoms with Crippen LogP contribution in [0.3, 0.4) is 0 Å². The number of ether oxygens (including phenoxy) is 2. The number of carbonyl (C=O) groups excluding carboxylic acids is 1. The molecule has 2 aromatic rings. The molecule has 0 saturated carbocycles. The first kappa shape index (κ1) is 34.1. The number of ketones is 1. The van der Waals surface area contributed by atoms with Crippen LogP contribution in [-0.2, 0) is 26.9 Å². The third kappa shape index (κ3) is 11.0. The first-order valence-electron chi connectivity index (χ1n) is 11.9. The monoisotopic (exact) mass is 570 g/mol. The van der Waals surface area contributed by atoms with E-state index < -0.39 is 17.8 Å². The number of nitrogens with one attached hydrogen (secondary N) is 1. The van der Waals surface area contributed by atoms with Gasteiger partial charge in [-0.3, -0.25) is 9.69 Å². The normalized spacial score (nSPS) is 12.1. The molecule has 0 bridgehead atoms. The second-order valence-corrected chi connectivity index (χ2v) is 9.23. The summed E-state index contributed by atoms with van der Waals surface area (Å²) >= 11 is 1.21. The van der Waals surface area contributed by atoms with Gasteiger partial charge in [0.25, 0.3) is 0 Å². The fraction of sp³-hybridized carbons (Fsp3) is 0.538. The maximum absolute atomic E-state index is 13.4. The fourth-order valence-corrected chi connectivity index (χ4v) is 4.30. The number of carbonyl (C=O) groups is 1. The predicted molar refractivity (Wildman–Crippen MR) is 147 cm³/mol. The van der Waals surface area contributed by atoms with E-state index in [-0.39, 0.29) is 42.5 Å². The number of Topliss-reactive ketones (excluding diaryl/α,β-unsaturated/α-hetero) is 1. The summed E-state index contributed by atoms with van der Waals surface area (Å²) in [7, 11) is 3.23. The summed E-state index contributed by atoms with van der Waals surface area (Å²) in [5.74, 6) is -0.288. The molecular formula is C26H37F3N6O3S. The van der Waals surface area contributed by atoms with Crippen molar-refractivity contribution in [2.24, 2.45) is 0 Å². The van der Waals surface area contributed by atoms with Crippen molar-refractivity contribution < 1.29 is 27.4 Å². The van der Waals surface area contributed by atoms with Crippen LogP contribution in [0.25, 0.3) is 0 Å². The molecule has 216 valence electrons. The van der Waals surface area contributed by atoms with Crippen LogP contribution in [-0.4, -0.2) is 80.0 Å². The zero-order chi connectivity index (χ0) is 28.1. The van der Waals surface area contributed by atoms with E-state index >= 15 is 0 Å². The number of nitrogens with zero attached hydrogens (tertiary/aromatic N) is 4. The summed E-state index contributed by atoms with van der Waals surface area (Å²) < 4.78 is 49.9. The summed E-state index contributed by atoms with van der Waals surface area (Å²) in [6.45, 7) is 3.05. The molecule has 0 unspecified atom stereocenters.